The normalized spacial score (nSPS) is 23.2. The van der Waals surface area contributed by atoms with E-state index in [-0.39, 0.29) is 24.1 Å². The number of hydrogen-bond acceptors (Lipinski definition) is 6. The van der Waals surface area contributed by atoms with Crippen molar-refractivity contribution in [2.24, 2.45) is 0 Å². The van der Waals surface area contributed by atoms with Crippen molar-refractivity contribution in [2.75, 3.05) is 5.32 Å². The second-order valence-electron chi connectivity index (χ2n) is 7.70. The van der Waals surface area contributed by atoms with Gasteiger partial charge in [-0.15, -0.1) is 0 Å². The molecule has 0 radical (unpaired) electrons. The Balaban J connectivity index is 1.40. The van der Waals surface area contributed by atoms with Gasteiger partial charge in [0, 0.05) is 29.3 Å². The summed E-state index contributed by atoms with van der Waals surface area (Å²) in [6.07, 6.45) is 6.79. The number of aliphatic hydroxyl groups is 1. The van der Waals surface area contributed by atoms with E-state index >= 15 is 0 Å². The summed E-state index contributed by atoms with van der Waals surface area (Å²) in [4.78, 5) is 21.7. The number of rotatable bonds is 6. The zero-order valence-electron chi connectivity index (χ0n) is 15.2. The molecule has 144 valence electrons. The molecule has 2 fully saturated rings. The van der Waals surface area contributed by atoms with Crippen molar-refractivity contribution in [1.29, 1.82) is 0 Å². The lowest BCUT2D eigenvalue weighted by atomic mass is 10.0. The molecule has 1 amide bonds. The number of aromatic amines is 1. The lowest BCUT2D eigenvalue weighted by Gasteiger charge is -2.32. The largest absolute Gasteiger partial charge is 0.465 e. The summed E-state index contributed by atoms with van der Waals surface area (Å²) < 4.78 is 0. The number of nitrogens with zero attached hydrogens (tertiary/aromatic N) is 4. The molecule has 0 bridgehead atoms. The van der Waals surface area contributed by atoms with Crippen molar-refractivity contribution in [3.05, 3.63) is 29.8 Å². The minimum absolute atomic E-state index is 0.0663. The van der Waals surface area contributed by atoms with E-state index in [1.165, 1.54) is 6.20 Å². The molecule has 2 heterocycles. The zero-order chi connectivity index (χ0) is 19.0. The maximum atomic E-state index is 11.7. The van der Waals surface area contributed by atoms with Gasteiger partial charge in [0.1, 0.15) is 5.82 Å². The molecule has 0 spiro atoms. The van der Waals surface area contributed by atoms with Gasteiger partial charge < -0.3 is 15.5 Å². The van der Waals surface area contributed by atoms with Gasteiger partial charge in [0.15, 0.2) is 5.82 Å². The number of amides is 1. The van der Waals surface area contributed by atoms with Crippen LogP contribution < -0.4 is 5.32 Å². The molecule has 0 unspecified atom stereocenters. The first-order chi connectivity index (χ1) is 13.0. The summed E-state index contributed by atoms with van der Waals surface area (Å²) in [6.45, 7) is 1.89. The average Bonchev–Trinajstić information content (AvgIpc) is 3.04. The van der Waals surface area contributed by atoms with Gasteiger partial charge in [-0.1, -0.05) is 0 Å². The molecule has 2 aromatic rings. The average molecular weight is 372 g/mol. The van der Waals surface area contributed by atoms with Crippen LogP contribution >= 0.6 is 0 Å². The summed E-state index contributed by atoms with van der Waals surface area (Å²) in [6, 6.07) is 2.01. The number of hydrogen-bond donors (Lipinski definition) is 4. The number of aromatic nitrogens is 4. The minimum atomic E-state index is -0.808. The van der Waals surface area contributed by atoms with E-state index in [4.69, 9.17) is 5.11 Å². The van der Waals surface area contributed by atoms with E-state index in [1.807, 2.05) is 13.0 Å². The van der Waals surface area contributed by atoms with Gasteiger partial charge in [0.2, 0.25) is 0 Å². The highest BCUT2D eigenvalue weighted by molar-refractivity contribution is 5.67. The molecule has 2 aromatic heterocycles. The quantitative estimate of drug-likeness (QED) is 0.614. The Labute approximate surface area is 156 Å². The lowest BCUT2D eigenvalue weighted by Crippen LogP contribution is -2.45. The number of carbonyl (C=O) groups is 1. The first kappa shape index (κ1) is 17.7. The second kappa shape index (κ2) is 6.80. The standard InChI is InChI=1S/C18H24N6O3/c1-18(4-5-18)24(17(26)27)13-3-2-11(6-13)14-7-15(23-22-14)21-16-9-19-12(10-25)8-20-16/h7-9,11,13,25H,2-6,10H2,1H3,(H,26,27)(H2,20,21,22,23)/t11-,13+/m0/s1. The fourth-order valence-electron chi connectivity index (χ4n) is 3.97. The fourth-order valence-corrected chi connectivity index (χ4v) is 3.97. The van der Waals surface area contributed by atoms with Crippen LogP contribution in [0, 0.1) is 0 Å². The third-order valence-corrected chi connectivity index (χ3v) is 5.69. The van der Waals surface area contributed by atoms with Gasteiger partial charge in [0.05, 0.1) is 24.7 Å². The summed E-state index contributed by atoms with van der Waals surface area (Å²) in [5.74, 6) is 1.46. The summed E-state index contributed by atoms with van der Waals surface area (Å²) >= 11 is 0. The molecule has 27 heavy (non-hydrogen) atoms. The van der Waals surface area contributed by atoms with Gasteiger partial charge in [-0.2, -0.15) is 5.10 Å². The fraction of sp³-hybridized carbons (Fsp3) is 0.556. The molecule has 0 aliphatic heterocycles. The molecule has 2 atom stereocenters. The third kappa shape index (κ3) is 3.59. The first-order valence-corrected chi connectivity index (χ1v) is 9.25. The van der Waals surface area contributed by atoms with E-state index < -0.39 is 6.09 Å². The molecule has 0 saturated heterocycles. The van der Waals surface area contributed by atoms with E-state index in [9.17, 15) is 9.90 Å². The molecule has 2 aliphatic carbocycles. The first-order valence-electron chi connectivity index (χ1n) is 9.25. The highest BCUT2D eigenvalue weighted by Gasteiger charge is 2.50. The van der Waals surface area contributed by atoms with Crippen LogP contribution in [0.15, 0.2) is 18.5 Å². The Morgan fingerprint density at radius 1 is 1.33 bits per heavy atom. The van der Waals surface area contributed by atoms with Crippen molar-refractivity contribution in [3.63, 3.8) is 0 Å². The van der Waals surface area contributed by atoms with Crippen LogP contribution in [0.1, 0.15) is 56.3 Å². The van der Waals surface area contributed by atoms with Crippen molar-refractivity contribution in [3.8, 4) is 0 Å². The van der Waals surface area contributed by atoms with E-state index in [0.717, 1.165) is 37.8 Å². The molecule has 0 aromatic carbocycles. The van der Waals surface area contributed by atoms with E-state index in [2.05, 4.69) is 25.5 Å². The molecular weight excluding hydrogens is 348 g/mol. The Hall–Kier alpha value is -2.68. The molecule has 4 N–H and O–H groups in total. The van der Waals surface area contributed by atoms with E-state index in [0.29, 0.717) is 17.3 Å². The molecular formula is C18H24N6O3. The molecule has 4 rings (SSSR count). The zero-order valence-corrected chi connectivity index (χ0v) is 15.2. The number of carboxylic acid groups (broad SMARTS) is 1. The Morgan fingerprint density at radius 3 is 2.78 bits per heavy atom. The Morgan fingerprint density at radius 2 is 2.15 bits per heavy atom. The molecule has 2 saturated carbocycles. The number of aliphatic hydroxyl groups excluding tert-OH is 1. The number of nitrogens with one attached hydrogen (secondary N) is 2. The van der Waals surface area contributed by atoms with Crippen LogP contribution in [0.5, 0.6) is 0 Å². The Bertz CT molecular complexity index is 817. The highest BCUT2D eigenvalue weighted by Crippen LogP contribution is 2.47. The van der Waals surface area contributed by atoms with Gasteiger partial charge in [-0.25, -0.2) is 9.78 Å². The number of H-pyrrole nitrogens is 1. The lowest BCUT2D eigenvalue weighted by molar-refractivity contribution is 0.0955. The topological polar surface area (TPSA) is 127 Å². The Kier molecular flexibility index (Phi) is 4.47. The maximum absolute atomic E-state index is 11.7. The third-order valence-electron chi connectivity index (χ3n) is 5.69. The summed E-state index contributed by atoms with van der Waals surface area (Å²) in [5, 5.41) is 29.1. The highest BCUT2D eigenvalue weighted by atomic mass is 16.4. The van der Waals surface area contributed by atoms with Crippen LogP contribution in [0.25, 0.3) is 0 Å². The van der Waals surface area contributed by atoms with Crippen molar-refractivity contribution < 1.29 is 15.0 Å². The van der Waals surface area contributed by atoms with Crippen molar-refractivity contribution in [1.82, 2.24) is 25.1 Å². The van der Waals surface area contributed by atoms with Crippen LogP contribution in [0.3, 0.4) is 0 Å². The maximum Gasteiger partial charge on any atom is 0.408 e. The van der Waals surface area contributed by atoms with Crippen LogP contribution in [0.2, 0.25) is 0 Å². The van der Waals surface area contributed by atoms with Gasteiger partial charge in [0.25, 0.3) is 0 Å². The van der Waals surface area contributed by atoms with Gasteiger partial charge in [-0.3, -0.25) is 15.0 Å². The number of anilines is 2. The van der Waals surface area contributed by atoms with Crippen LogP contribution in [-0.4, -0.2) is 53.0 Å². The monoisotopic (exact) mass is 372 g/mol. The summed E-state index contributed by atoms with van der Waals surface area (Å²) in [5.41, 5.74) is 1.34. The predicted octanol–water partition coefficient (Wildman–Crippen LogP) is 2.60. The molecule has 9 nitrogen and oxygen atoms in total. The summed E-state index contributed by atoms with van der Waals surface area (Å²) in [7, 11) is 0. The van der Waals surface area contributed by atoms with Crippen molar-refractivity contribution in [2.45, 2.75) is 63.1 Å². The predicted molar refractivity (Wildman–Crippen MR) is 97.7 cm³/mol. The van der Waals surface area contributed by atoms with Gasteiger partial charge in [-0.05, 0) is 39.0 Å². The van der Waals surface area contributed by atoms with Crippen LogP contribution in [0.4, 0.5) is 16.4 Å². The molecule has 2 aliphatic rings. The minimum Gasteiger partial charge on any atom is -0.465 e. The smallest absolute Gasteiger partial charge is 0.408 e. The van der Waals surface area contributed by atoms with Gasteiger partial charge >= 0.3 is 6.09 Å². The SMILES string of the molecule is CC1(N(C(=O)O)[C@@H]2CC[C@H](c3cc(Nc4cnc(CO)cn4)n[nH]3)C2)CC1. The van der Waals surface area contributed by atoms with E-state index in [1.54, 1.807) is 11.1 Å². The molecule has 9 heteroatoms. The second-order valence-corrected chi connectivity index (χ2v) is 7.70. The van der Waals surface area contributed by atoms with Crippen molar-refractivity contribution >= 4 is 17.7 Å². The van der Waals surface area contributed by atoms with Crippen LogP contribution in [-0.2, 0) is 6.61 Å².